The minimum absolute atomic E-state index is 0. The SMILES string of the molecule is O=C(O)[AsH][Se][Te].[GeH4]. The summed E-state index contributed by atoms with van der Waals surface area (Å²) in [6.45, 7) is 0. The minimum atomic E-state index is -0.558. The summed E-state index contributed by atoms with van der Waals surface area (Å²) in [6.07, 6.45) is 0. The van der Waals surface area contributed by atoms with Crippen molar-refractivity contribution in [2.24, 2.45) is 0 Å². The molecule has 0 fully saturated rings. The summed E-state index contributed by atoms with van der Waals surface area (Å²) in [5.74, 6) is 0. The molecule has 0 aromatic heterocycles. The average Bonchev–Trinajstić information content (AvgIpc) is 1.35. The van der Waals surface area contributed by atoms with Crippen molar-refractivity contribution < 1.29 is 9.90 Å². The Hall–Kier alpha value is 1.88. The fraction of sp³-hybridized carbons (Fsp3) is 0. The van der Waals surface area contributed by atoms with Crippen molar-refractivity contribution in [3.63, 3.8) is 0 Å². The van der Waals surface area contributed by atoms with Gasteiger partial charge >= 0.3 is 76.0 Å². The van der Waals surface area contributed by atoms with Crippen LogP contribution in [0.1, 0.15) is 0 Å². The first-order valence-corrected chi connectivity index (χ1v) is 13.0. The molecule has 1 unspecified atom stereocenters. The first-order valence-electron chi connectivity index (χ1n) is 1.05. The molecule has 0 rings (SSSR count). The van der Waals surface area contributed by atoms with Gasteiger partial charge in [-0.1, -0.05) is 0 Å². The van der Waals surface area contributed by atoms with Gasteiger partial charge in [0.1, 0.15) is 0 Å². The Morgan fingerprint density at radius 1 is 1.86 bits per heavy atom. The van der Waals surface area contributed by atoms with Gasteiger partial charge in [0.2, 0.25) is 0 Å². The number of hydrogen-bond donors (Lipinski definition) is 1. The van der Waals surface area contributed by atoms with Crippen LogP contribution in [0.5, 0.6) is 0 Å². The van der Waals surface area contributed by atoms with E-state index in [0.29, 0.717) is 9.77 Å². The fourth-order valence-corrected chi connectivity index (χ4v) is 6.46. The molecule has 0 heterocycles. The maximum atomic E-state index is 9.67. The van der Waals surface area contributed by atoms with Crippen molar-refractivity contribution >= 4 is 66.1 Å². The molecular weight excluding hydrogens is 398 g/mol. The molecule has 7 heavy (non-hydrogen) atoms. The van der Waals surface area contributed by atoms with Crippen molar-refractivity contribution in [2.45, 2.75) is 0 Å². The van der Waals surface area contributed by atoms with E-state index in [2.05, 4.69) is 0 Å². The summed E-state index contributed by atoms with van der Waals surface area (Å²) >= 11 is 1.34. The van der Waals surface area contributed by atoms with Gasteiger partial charge in [0.15, 0.2) is 0 Å². The summed E-state index contributed by atoms with van der Waals surface area (Å²) in [5, 5.41) is 7.99. The Morgan fingerprint density at radius 3 is 2.29 bits per heavy atom. The first kappa shape index (κ1) is 11.6. The van der Waals surface area contributed by atoms with Crippen LogP contribution in [0.15, 0.2) is 0 Å². The molecule has 0 bridgehead atoms. The van der Waals surface area contributed by atoms with Crippen LogP contribution < -0.4 is 0 Å². The molecule has 0 aliphatic heterocycles. The second-order valence-corrected chi connectivity index (χ2v) is 19.1. The third-order valence-electron chi connectivity index (χ3n) is 0.129. The topological polar surface area (TPSA) is 37.3 Å². The normalized spacial score (nSPS) is 8.71. The van der Waals surface area contributed by atoms with Gasteiger partial charge in [0.25, 0.3) is 0 Å². The Labute approximate surface area is 75.0 Å². The van der Waals surface area contributed by atoms with E-state index in [9.17, 15) is 4.79 Å². The first-order chi connectivity index (χ1) is 2.77. The molecule has 0 spiro atoms. The zero-order valence-corrected chi connectivity index (χ0v) is 8.81. The van der Waals surface area contributed by atoms with Crippen LogP contribution in [0.3, 0.4) is 0 Å². The number of carbonyl (C=O) groups is 1. The van der Waals surface area contributed by atoms with Gasteiger partial charge in [0.05, 0.1) is 0 Å². The summed E-state index contributed by atoms with van der Waals surface area (Å²) in [5.41, 5.74) is 0. The predicted octanol–water partition coefficient (Wildman–Crippen LogP) is -2.65. The third-order valence-corrected chi connectivity index (χ3v) is 9.90. The van der Waals surface area contributed by atoms with E-state index in [1.807, 2.05) is 20.1 Å². The average molecular weight is 404 g/mol. The molecule has 1 atom stereocenters. The van der Waals surface area contributed by atoms with Crippen LogP contribution in [0.4, 0.5) is 4.79 Å². The molecule has 1 radical (unpaired) electrons. The molecule has 0 saturated carbocycles. The van der Waals surface area contributed by atoms with Gasteiger partial charge in [-0.05, 0) is 0 Å². The van der Waals surface area contributed by atoms with Crippen LogP contribution in [0.2, 0.25) is 0 Å². The summed E-state index contributed by atoms with van der Waals surface area (Å²) in [7, 11) is 0.432. The van der Waals surface area contributed by atoms with Gasteiger partial charge in [0, 0.05) is 0 Å². The monoisotopic (exact) mass is 409 g/mol. The summed E-state index contributed by atoms with van der Waals surface area (Å²) in [4.78, 5) is 9.67. The molecule has 0 aliphatic carbocycles. The van der Waals surface area contributed by atoms with Gasteiger partial charge in [-0.25, -0.2) is 0 Å². The third kappa shape index (κ3) is 11.4. The van der Waals surface area contributed by atoms with Crippen molar-refractivity contribution in [1.29, 1.82) is 0 Å². The molecular formula is CH6AsGeO2SeTe. The number of rotatable bonds is 2. The Balaban J connectivity index is 0. The molecule has 0 amide bonds. The van der Waals surface area contributed by atoms with Crippen LogP contribution >= 0.6 is 0 Å². The van der Waals surface area contributed by atoms with E-state index >= 15 is 0 Å². The fourth-order valence-electron chi connectivity index (χ4n) is 0.0356. The van der Waals surface area contributed by atoms with E-state index in [0.717, 1.165) is 0 Å². The summed E-state index contributed by atoms with van der Waals surface area (Å²) < 4.78 is -0.555. The van der Waals surface area contributed by atoms with Crippen LogP contribution in [-0.4, -0.2) is 71.2 Å². The Kier molecular flexibility index (Phi) is 13.1. The Bertz CT molecular complexity index is 61.7. The van der Waals surface area contributed by atoms with Crippen molar-refractivity contribution in [2.75, 3.05) is 0 Å². The van der Waals surface area contributed by atoms with Crippen LogP contribution in [-0.2, 0) is 0 Å². The molecule has 0 aliphatic rings. The van der Waals surface area contributed by atoms with Crippen LogP contribution in [0.25, 0.3) is 0 Å². The van der Waals surface area contributed by atoms with E-state index in [1.54, 1.807) is 0 Å². The molecule has 2 nitrogen and oxygen atoms in total. The van der Waals surface area contributed by atoms with Crippen molar-refractivity contribution in [1.82, 2.24) is 0 Å². The maximum absolute atomic E-state index is 9.67. The van der Waals surface area contributed by atoms with Crippen molar-refractivity contribution in [3.05, 3.63) is 0 Å². The second-order valence-electron chi connectivity index (χ2n) is 0.491. The summed E-state index contributed by atoms with van der Waals surface area (Å²) in [6, 6.07) is 0. The number of hydrogen-bond acceptors (Lipinski definition) is 1. The van der Waals surface area contributed by atoms with Crippen molar-refractivity contribution in [3.8, 4) is 0 Å². The van der Waals surface area contributed by atoms with E-state index < -0.39 is 18.6 Å². The van der Waals surface area contributed by atoms with Gasteiger partial charge in [-0.15, -0.1) is 0 Å². The van der Waals surface area contributed by atoms with E-state index in [-0.39, 0.29) is 17.6 Å². The van der Waals surface area contributed by atoms with Gasteiger partial charge < -0.3 is 0 Å². The van der Waals surface area contributed by atoms with E-state index in [4.69, 9.17) is 5.11 Å². The zero-order valence-electron chi connectivity index (χ0n) is 2.67. The van der Waals surface area contributed by atoms with E-state index in [1.165, 1.54) is 0 Å². The zero-order chi connectivity index (χ0) is 4.99. The molecule has 0 aromatic rings. The molecule has 6 heteroatoms. The van der Waals surface area contributed by atoms with Crippen LogP contribution in [0, 0.1) is 0 Å². The predicted molar refractivity (Wildman–Crippen MR) is 38.0 cm³/mol. The molecule has 0 saturated heterocycles. The van der Waals surface area contributed by atoms with Gasteiger partial charge in [-0.3, -0.25) is 0 Å². The molecule has 1 N–H and O–H groups in total. The molecule has 0 aromatic carbocycles. The standard InChI is InChI=1S/CH2AsO2SeTe.GeH4/c3-1(4)2-5-6;/h2H,(H,3,4);1H4. The number of carboxylic acid groups (broad SMARTS) is 1. The molecule has 43 valence electrons. The quantitative estimate of drug-likeness (QED) is 0.511. The van der Waals surface area contributed by atoms with Gasteiger partial charge in [-0.2, -0.15) is 0 Å². The Morgan fingerprint density at radius 2 is 2.29 bits per heavy atom. The second kappa shape index (κ2) is 7.88.